The van der Waals surface area contributed by atoms with E-state index in [2.05, 4.69) is 57.1 Å². The van der Waals surface area contributed by atoms with Crippen LogP contribution in [0.3, 0.4) is 0 Å². The molecule has 5 heteroatoms. The average molecular weight is 287 g/mol. The van der Waals surface area contributed by atoms with E-state index >= 15 is 0 Å². The van der Waals surface area contributed by atoms with Gasteiger partial charge < -0.3 is 10.2 Å². The van der Waals surface area contributed by atoms with Gasteiger partial charge in [-0.25, -0.2) is 0 Å². The zero-order valence-electron chi connectivity index (χ0n) is 13.0. The van der Waals surface area contributed by atoms with Crippen molar-refractivity contribution in [3.05, 3.63) is 16.9 Å². The van der Waals surface area contributed by atoms with Crippen molar-refractivity contribution in [3.63, 3.8) is 0 Å². The van der Waals surface area contributed by atoms with Crippen LogP contribution in [0, 0.1) is 0 Å². The fourth-order valence-corrected chi connectivity index (χ4v) is 2.75. The molecule has 0 aliphatic rings. The lowest BCUT2D eigenvalue weighted by molar-refractivity contribution is 0.109. The van der Waals surface area contributed by atoms with Gasteiger partial charge in [-0.1, -0.05) is 25.4 Å². The Morgan fingerprint density at radius 3 is 2.47 bits per heavy atom. The fourth-order valence-electron chi connectivity index (χ4n) is 2.50. The van der Waals surface area contributed by atoms with Gasteiger partial charge in [0.2, 0.25) is 0 Å². The van der Waals surface area contributed by atoms with E-state index < -0.39 is 0 Å². The van der Waals surface area contributed by atoms with Crippen LogP contribution in [0.5, 0.6) is 0 Å². The smallest absolute Gasteiger partial charge is 0.0834 e. The summed E-state index contributed by atoms with van der Waals surface area (Å²) < 4.78 is 1.99. The lowest BCUT2D eigenvalue weighted by Gasteiger charge is -2.43. The van der Waals surface area contributed by atoms with E-state index in [9.17, 15) is 0 Å². The fraction of sp³-hybridized carbons (Fsp3) is 0.786. The summed E-state index contributed by atoms with van der Waals surface area (Å²) in [6.07, 6.45) is 2.78. The van der Waals surface area contributed by atoms with Crippen LogP contribution >= 0.6 is 11.6 Å². The van der Waals surface area contributed by atoms with Crippen molar-refractivity contribution >= 4 is 11.6 Å². The van der Waals surface area contributed by atoms with Gasteiger partial charge in [0.1, 0.15) is 0 Å². The van der Waals surface area contributed by atoms with Gasteiger partial charge in [-0.2, -0.15) is 5.10 Å². The lowest BCUT2D eigenvalue weighted by Crippen LogP contribution is -2.52. The molecule has 0 aliphatic heterocycles. The molecule has 1 rings (SSSR count). The van der Waals surface area contributed by atoms with Crippen LogP contribution in [-0.2, 0) is 6.54 Å². The molecule has 1 heterocycles. The molecule has 110 valence electrons. The Balaban J connectivity index is 3.30. The Labute approximate surface area is 122 Å². The summed E-state index contributed by atoms with van der Waals surface area (Å²) in [6, 6.07) is 0.160. The van der Waals surface area contributed by atoms with Gasteiger partial charge >= 0.3 is 0 Å². The Kier molecular flexibility index (Phi) is 5.83. The minimum Gasteiger partial charge on any atom is -0.307 e. The summed E-state index contributed by atoms with van der Waals surface area (Å²) in [4.78, 5) is 2.27. The van der Waals surface area contributed by atoms with Gasteiger partial charge in [-0.05, 0) is 40.9 Å². The number of nitrogens with one attached hydrogen (secondary N) is 1. The minimum atomic E-state index is -0.00734. The standard InChI is InChI=1S/C14H27ClN4/c1-7-14(4,18(5)6)13(16-8-2)12-11(15)10-17-19(12)9-3/h10,13,16H,7-9H2,1-6H3. The number of hydrogen-bond acceptors (Lipinski definition) is 3. The Morgan fingerprint density at radius 1 is 1.42 bits per heavy atom. The highest BCUT2D eigenvalue weighted by Crippen LogP contribution is 2.36. The maximum Gasteiger partial charge on any atom is 0.0834 e. The number of nitrogens with zero attached hydrogens (tertiary/aromatic N) is 3. The van der Waals surface area contributed by atoms with Crippen LogP contribution < -0.4 is 5.32 Å². The molecule has 0 amide bonds. The van der Waals surface area contributed by atoms with Crippen LogP contribution in [0.1, 0.15) is 45.9 Å². The molecule has 4 nitrogen and oxygen atoms in total. The van der Waals surface area contributed by atoms with E-state index in [1.165, 1.54) is 0 Å². The molecule has 1 aromatic heterocycles. The monoisotopic (exact) mass is 286 g/mol. The first kappa shape index (κ1) is 16.5. The quantitative estimate of drug-likeness (QED) is 0.837. The van der Waals surface area contributed by atoms with Crippen LogP contribution in [0.2, 0.25) is 5.02 Å². The van der Waals surface area contributed by atoms with Gasteiger partial charge in [0.05, 0.1) is 23.0 Å². The maximum atomic E-state index is 6.38. The molecule has 0 saturated heterocycles. The summed E-state index contributed by atoms with van der Waals surface area (Å²) >= 11 is 6.38. The zero-order valence-corrected chi connectivity index (χ0v) is 13.8. The van der Waals surface area contributed by atoms with Crippen molar-refractivity contribution in [1.29, 1.82) is 0 Å². The molecular formula is C14H27ClN4. The van der Waals surface area contributed by atoms with Crippen molar-refractivity contribution in [2.24, 2.45) is 0 Å². The van der Waals surface area contributed by atoms with E-state index in [0.717, 1.165) is 30.2 Å². The molecule has 1 N–H and O–H groups in total. The zero-order chi connectivity index (χ0) is 14.6. The summed E-state index contributed by atoms with van der Waals surface area (Å²) in [5.41, 5.74) is 1.08. The first-order valence-corrected chi connectivity index (χ1v) is 7.42. The summed E-state index contributed by atoms with van der Waals surface area (Å²) in [6.45, 7) is 10.4. The molecule has 0 bridgehead atoms. The summed E-state index contributed by atoms with van der Waals surface area (Å²) in [5.74, 6) is 0. The van der Waals surface area contributed by atoms with Crippen molar-refractivity contribution in [2.45, 2.75) is 52.2 Å². The van der Waals surface area contributed by atoms with Gasteiger partial charge in [-0.15, -0.1) is 0 Å². The van der Waals surface area contributed by atoms with E-state index in [1.807, 2.05) is 4.68 Å². The second kappa shape index (κ2) is 6.73. The van der Waals surface area contributed by atoms with Crippen molar-refractivity contribution in [3.8, 4) is 0 Å². The van der Waals surface area contributed by atoms with Crippen LogP contribution in [0.4, 0.5) is 0 Å². The highest BCUT2D eigenvalue weighted by atomic mass is 35.5. The third kappa shape index (κ3) is 3.12. The largest absolute Gasteiger partial charge is 0.307 e. The number of aryl methyl sites for hydroxylation is 1. The van der Waals surface area contributed by atoms with E-state index in [0.29, 0.717) is 0 Å². The van der Waals surface area contributed by atoms with E-state index in [-0.39, 0.29) is 11.6 Å². The third-order valence-corrected chi connectivity index (χ3v) is 4.47. The molecule has 0 spiro atoms. The molecule has 0 aliphatic carbocycles. The van der Waals surface area contributed by atoms with E-state index in [4.69, 9.17) is 11.6 Å². The number of hydrogen-bond donors (Lipinski definition) is 1. The molecule has 0 saturated carbocycles. The van der Waals surface area contributed by atoms with Crippen molar-refractivity contribution < 1.29 is 0 Å². The number of likely N-dealkylation sites (N-methyl/N-ethyl adjacent to an activating group) is 2. The van der Waals surface area contributed by atoms with E-state index in [1.54, 1.807) is 6.20 Å². The van der Waals surface area contributed by atoms with Crippen molar-refractivity contribution in [1.82, 2.24) is 20.0 Å². The topological polar surface area (TPSA) is 33.1 Å². The summed E-state index contributed by atoms with van der Waals surface area (Å²) in [5, 5.41) is 8.70. The molecule has 2 unspecified atom stereocenters. The minimum absolute atomic E-state index is 0.00734. The number of halogens is 1. The predicted molar refractivity (Wildman–Crippen MR) is 81.7 cm³/mol. The van der Waals surface area contributed by atoms with Gasteiger partial charge in [0.25, 0.3) is 0 Å². The maximum absolute atomic E-state index is 6.38. The molecule has 0 aromatic carbocycles. The molecule has 0 radical (unpaired) electrons. The lowest BCUT2D eigenvalue weighted by atomic mass is 9.85. The number of rotatable bonds is 7. The Bertz CT molecular complexity index is 402. The highest BCUT2D eigenvalue weighted by molar-refractivity contribution is 6.31. The first-order chi connectivity index (χ1) is 8.92. The molecule has 1 aromatic rings. The second-order valence-electron chi connectivity index (χ2n) is 5.29. The number of aromatic nitrogens is 2. The normalized spacial score (nSPS) is 16.6. The average Bonchev–Trinajstić information content (AvgIpc) is 2.75. The van der Waals surface area contributed by atoms with Gasteiger partial charge in [0.15, 0.2) is 0 Å². The first-order valence-electron chi connectivity index (χ1n) is 7.04. The Morgan fingerprint density at radius 2 is 2.05 bits per heavy atom. The van der Waals surface area contributed by atoms with Gasteiger partial charge in [0, 0.05) is 12.1 Å². The molecular weight excluding hydrogens is 260 g/mol. The second-order valence-corrected chi connectivity index (χ2v) is 5.70. The third-order valence-electron chi connectivity index (χ3n) is 4.17. The highest BCUT2D eigenvalue weighted by Gasteiger charge is 2.38. The van der Waals surface area contributed by atoms with Crippen LogP contribution in [0.25, 0.3) is 0 Å². The molecule has 2 atom stereocenters. The Hall–Kier alpha value is -0.580. The van der Waals surface area contributed by atoms with Crippen LogP contribution in [-0.4, -0.2) is 40.9 Å². The summed E-state index contributed by atoms with van der Waals surface area (Å²) in [7, 11) is 4.24. The molecule has 0 fully saturated rings. The van der Waals surface area contributed by atoms with Crippen molar-refractivity contribution in [2.75, 3.05) is 20.6 Å². The van der Waals surface area contributed by atoms with Gasteiger partial charge in [-0.3, -0.25) is 4.68 Å². The van der Waals surface area contributed by atoms with Crippen LogP contribution in [0.15, 0.2) is 6.20 Å². The SMILES string of the molecule is CCNC(c1c(Cl)cnn1CC)C(C)(CC)N(C)C. The predicted octanol–water partition coefficient (Wildman–Crippen LogP) is 2.94. The molecule has 19 heavy (non-hydrogen) atoms.